The second kappa shape index (κ2) is 10.5. The Morgan fingerprint density at radius 3 is 2.75 bits per heavy atom. The molecule has 0 spiro atoms. The first-order valence-corrected chi connectivity index (χ1v) is 9.71. The molecule has 0 aromatic heterocycles. The highest BCUT2D eigenvalue weighted by Crippen LogP contribution is 2.26. The summed E-state index contributed by atoms with van der Waals surface area (Å²) in [5, 5.41) is 24.3. The molecule has 1 aromatic rings. The number of hydrogen-bond donors (Lipinski definition) is 4. The number of nitrogens with one attached hydrogen (secondary N) is 2. The highest BCUT2D eigenvalue weighted by Gasteiger charge is 2.35. The van der Waals surface area contributed by atoms with E-state index < -0.39 is 29.9 Å². The number of aromatic hydroxyl groups is 1. The number of carboxylic acids is 1. The minimum absolute atomic E-state index is 0.104. The molecule has 7 nitrogen and oxygen atoms in total. The van der Waals surface area contributed by atoms with Gasteiger partial charge in [-0.2, -0.15) is 0 Å². The van der Waals surface area contributed by atoms with Crippen LogP contribution < -0.4 is 10.6 Å². The van der Waals surface area contributed by atoms with Crippen LogP contribution in [0.4, 0.5) is 0 Å². The number of carbonyl (C=O) groups is 3. The fraction of sp³-hybridized carbons (Fsp3) is 0.476. The highest BCUT2D eigenvalue weighted by molar-refractivity contribution is 5.95. The van der Waals surface area contributed by atoms with E-state index in [-0.39, 0.29) is 11.7 Å². The Balaban J connectivity index is 1.98. The van der Waals surface area contributed by atoms with E-state index in [1.165, 1.54) is 18.2 Å². The molecule has 0 heterocycles. The number of aliphatic carboxylic acids is 1. The van der Waals surface area contributed by atoms with Crippen molar-refractivity contribution in [2.45, 2.75) is 57.5 Å². The molecule has 28 heavy (non-hydrogen) atoms. The van der Waals surface area contributed by atoms with Crippen LogP contribution in [0.15, 0.2) is 30.3 Å². The van der Waals surface area contributed by atoms with Crippen molar-refractivity contribution in [3.05, 3.63) is 35.9 Å². The number of carboxylic acid groups (broad SMARTS) is 1. The third-order valence-corrected chi connectivity index (χ3v) is 4.94. The van der Waals surface area contributed by atoms with E-state index in [0.717, 1.165) is 19.3 Å². The summed E-state index contributed by atoms with van der Waals surface area (Å²) in [5.74, 6) is -2.12. The first-order valence-electron chi connectivity index (χ1n) is 9.71. The van der Waals surface area contributed by atoms with Gasteiger partial charge in [-0.3, -0.25) is 14.4 Å². The molecular formula is C21H28N2O5. The van der Waals surface area contributed by atoms with E-state index in [1.807, 2.05) is 6.92 Å². The Labute approximate surface area is 164 Å². The summed E-state index contributed by atoms with van der Waals surface area (Å²) in [4.78, 5) is 36.2. The largest absolute Gasteiger partial charge is 0.508 e. The first-order chi connectivity index (χ1) is 13.4. The molecule has 0 saturated heterocycles. The average molecular weight is 388 g/mol. The Morgan fingerprint density at radius 2 is 2.07 bits per heavy atom. The normalized spacial score (nSPS) is 20.0. The van der Waals surface area contributed by atoms with Gasteiger partial charge >= 0.3 is 5.97 Å². The zero-order chi connectivity index (χ0) is 20.5. The van der Waals surface area contributed by atoms with E-state index in [2.05, 4.69) is 10.6 Å². The van der Waals surface area contributed by atoms with Crippen molar-refractivity contribution >= 4 is 23.9 Å². The van der Waals surface area contributed by atoms with Gasteiger partial charge in [0.2, 0.25) is 11.8 Å². The number of carbonyl (C=O) groups excluding carboxylic acids is 2. The van der Waals surface area contributed by atoms with E-state index >= 15 is 0 Å². The summed E-state index contributed by atoms with van der Waals surface area (Å²) in [6.07, 6.45) is 6.95. The summed E-state index contributed by atoms with van der Waals surface area (Å²) >= 11 is 0. The Morgan fingerprint density at radius 1 is 1.29 bits per heavy atom. The zero-order valence-electron chi connectivity index (χ0n) is 16.1. The van der Waals surface area contributed by atoms with Crippen LogP contribution in [0, 0.1) is 5.92 Å². The molecule has 0 aliphatic heterocycles. The fourth-order valence-electron chi connectivity index (χ4n) is 3.41. The standard InChI is InChI=1S/C21H28N2O5/c1-2-3-9-18(20(26)23-17-10-5-8-16(17)21(27)28)22-19(25)12-11-14-6-4-7-15(24)13-14/h4,6-7,11-13,16-18,24H,2-3,5,8-10H2,1H3,(H,22,25)(H,23,26)(H,27,28)/b12-11+/t16-,17+,18+/m1/s1. The van der Waals surface area contributed by atoms with Gasteiger partial charge in [-0.1, -0.05) is 38.3 Å². The maximum Gasteiger partial charge on any atom is 0.308 e. The summed E-state index contributed by atoms with van der Waals surface area (Å²) in [5.41, 5.74) is 0.667. The second-order valence-electron chi connectivity index (χ2n) is 7.12. The van der Waals surface area contributed by atoms with Crippen LogP contribution in [-0.2, 0) is 14.4 Å². The van der Waals surface area contributed by atoms with Crippen LogP contribution in [0.2, 0.25) is 0 Å². The Hall–Kier alpha value is -2.83. The lowest BCUT2D eigenvalue weighted by Gasteiger charge is -2.22. The predicted octanol–water partition coefficient (Wildman–Crippen LogP) is 2.45. The third-order valence-electron chi connectivity index (χ3n) is 4.94. The molecular weight excluding hydrogens is 360 g/mol. The third kappa shape index (κ3) is 6.40. The molecule has 0 bridgehead atoms. The molecule has 2 amide bonds. The van der Waals surface area contributed by atoms with Crippen molar-refractivity contribution < 1.29 is 24.6 Å². The Bertz CT molecular complexity index is 731. The summed E-state index contributed by atoms with van der Waals surface area (Å²) < 4.78 is 0. The topological polar surface area (TPSA) is 116 Å². The molecule has 3 atom stereocenters. The minimum Gasteiger partial charge on any atom is -0.508 e. The van der Waals surface area contributed by atoms with Gasteiger partial charge in [0.25, 0.3) is 0 Å². The lowest BCUT2D eigenvalue weighted by Crippen LogP contribution is -2.50. The van der Waals surface area contributed by atoms with Gasteiger partial charge < -0.3 is 20.8 Å². The van der Waals surface area contributed by atoms with Crippen LogP contribution in [0.5, 0.6) is 5.75 Å². The van der Waals surface area contributed by atoms with Crippen LogP contribution in [0.25, 0.3) is 6.08 Å². The smallest absolute Gasteiger partial charge is 0.308 e. The van der Waals surface area contributed by atoms with Gasteiger partial charge in [0.05, 0.1) is 5.92 Å². The number of rotatable bonds is 9. The van der Waals surface area contributed by atoms with Crippen molar-refractivity contribution in [1.82, 2.24) is 10.6 Å². The summed E-state index contributed by atoms with van der Waals surface area (Å²) in [6, 6.07) is 5.37. The van der Waals surface area contributed by atoms with Gasteiger partial charge in [0, 0.05) is 12.1 Å². The lowest BCUT2D eigenvalue weighted by molar-refractivity contribution is -0.142. The van der Waals surface area contributed by atoms with Crippen molar-refractivity contribution in [2.24, 2.45) is 5.92 Å². The lowest BCUT2D eigenvalue weighted by atomic mass is 10.0. The highest BCUT2D eigenvalue weighted by atomic mass is 16.4. The van der Waals surface area contributed by atoms with Crippen LogP contribution in [-0.4, -0.2) is 40.1 Å². The molecule has 1 aliphatic carbocycles. The van der Waals surface area contributed by atoms with Gasteiger partial charge in [-0.25, -0.2) is 0 Å². The molecule has 1 aliphatic rings. The van der Waals surface area contributed by atoms with E-state index in [0.29, 0.717) is 24.8 Å². The molecule has 1 aromatic carbocycles. The van der Waals surface area contributed by atoms with Gasteiger partial charge in [0.15, 0.2) is 0 Å². The van der Waals surface area contributed by atoms with Gasteiger partial charge in [-0.05, 0) is 43.0 Å². The van der Waals surface area contributed by atoms with Crippen molar-refractivity contribution in [3.63, 3.8) is 0 Å². The molecule has 1 saturated carbocycles. The molecule has 152 valence electrons. The second-order valence-corrected chi connectivity index (χ2v) is 7.12. The molecule has 7 heteroatoms. The number of amides is 2. The number of phenolic OH excluding ortho intramolecular Hbond substituents is 1. The SMILES string of the molecule is CCCC[C@H](NC(=O)/C=C/c1cccc(O)c1)C(=O)N[C@H]1CCC[C@H]1C(=O)O. The molecule has 4 N–H and O–H groups in total. The van der Waals surface area contributed by atoms with Crippen LogP contribution >= 0.6 is 0 Å². The van der Waals surface area contributed by atoms with Crippen molar-refractivity contribution in [2.75, 3.05) is 0 Å². The van der Waals surface area contributed by atoms with E-state index in [1.54, 1.807) is 18.2 Å². The quantitative estimate of drug-likeness (QED) is 0.485. The molecule has 0 radical (unpaired) electrons. The van der Waals surface area contributed by atoms with E-state index in [9.17, 15) is 24.6 Å². The van der Waals surface area contributed by atoms with Gasteiger partial charge in [0.1, 0.15) is 11.8 Å². The molecule has 0 unspecified atom stereocenters. The van der Waals surface area contributed by atoms with Crippen molar-refractivity contribution in [3.8, 4) is 5.75 Å². The van der Waals surface area contributed by atoms with E-state index in [4.69, 9.17) is 0 Å². The number of hydrogen-bond acceptors (Lipinski definition) is 4. The van der Waals surface area contributed by atoms with Crippen LogP contribution in [0.1, 0.15) is 51.0 Å². The maximum atomic E-state index is 12.7. The fourth-order valence-corrected chi connectivity index (χ4v) is 3.41. The monoisotopic (exact) mass is 388 g/mol. The van der Waals surface area contributed by atoms with Crippen LogP contribution in [0.3, 0.4) is 0 Å². The summed E-state index contributed by atoms with van der Waals surface area (Å²) in [7, 11) is 0. The number of phenols is 1. The predicted molar refractivity (Wildman–Crippen MR) is 106 cm³/mol. The number of benzene rings is 1. The maximum absolute atomic E-state index is 12.7. The van der Waals surface area contributed by atoms with Gasteiger partial charge in [-0.15, -0.1) is 0 Å². The first kappa shape index (κ1) is 21.5. The molecule has 1 fully saturated rings. The van der Waals surface area contributed by atoms with Crippen molar-refractivity contribution in [1.29, 1.82) is 0 Å². The number of unbranched alkanes of at least 4 members (excludes halogenated alkanes) is 1. The summed E-state index contributed by atoms with van der Waals surface area (Å²) in [6.45, 7) is 2.00. The zero-order valence-corrected chi connectivity index (χ0v) is 16.1. The average Bonchev–Trinajstić information content (AvgIpc) is 3.12. The minimum atomic E-state index is -0.897. The molecule has 2 rings (SSSR count). The Kier molecular flexibility index (Phi) is 8.04.